The lowest BCUT2D eigenvalue weighted by Gasteiger charge is -2.21. The van der Waals surface area contributed by atoms with E-state index in [1.807, 2.05) is 12.1 Å². The van der Waals surface area contributed by atoms with Crippen LogP contribution in [0.2, 0.25) is 0 Å². The van der Waals surface area contributed by atoms with Gasteiger partial charge in [0.05, 0.1) is 0 Å². The molecule has 2 aromatic rings. The third-order valence-corrected chi connectivity index (χ3v) is 3.09. The molecule has 0 unspecified atom stereocenters. The van der Waals surface area contributed by atoms with Crippen molar-refractivity contribution in [3.8, 4) is 0 Å². The number of aromatic nitrogens is 1. The van der Waals surface area contributed by atoms with Crippen molar-refractivity contribution in [2.45, 2.75) is 27.2 Å². The number of hydrogen-bond acceptors (Lipinski definition) is 4. The fourth-order valence-corrected chi connectivity index (χ4v) is 1.46. The minimum atomic E-state index is 0.236. The van der Waals surface area contributed by atoms with Gasteiger partial charge in [0.1, 0.15) is 5.52 Å². The Bertz CT molecular complexity index is 516. The zero-order valence-corrected chi connectivity index (χ0v) is 10.6. The molecule has 2 rings (SSSR count). The molecule has 0 fully saturated rings. The van der Waals surface area contributed by atoms with Crippen molar-refractivity contribution >= 4 is 22.8 Å². The number of nitrogen functional groups attached to an aromatic ring is 1. The molecule has 1 aromatic heterocycles. The summed E-state index contributed by atoms with van der Waals surface area (Å²) < 4.78 is 5.59. The Morgan fingerprint density at radius 2 is 2.18 bits per heavy atom. The van der Waals surface area contributed by atoms with Crippen molar-refractivity contribution in [2.24, 2.45) is 5.41 Å². The van der Waals surface area contributed by atoms with Crippen LogP contribution < -0.4 is 11.1 Å². The van der Waals surface area contributed by atoms with Gasteiger partial charge in [0.15, 0.2) is 5.58 Å². The van der Waals surface area contributed by atoms with Gasteiger partial charge in [0.25, 0.3) is 6.01 Å². The normalized spacial score (nSPS) is 11.9. The largest absolute Gasteiger partial charge is 0.423 e. The van der Waals surface area contributed by atoms with Gasteiger partial charge < -0.3 is 15.5 Å². The van der Waals surface area contributed by atoms with Gasteiger partial charge in [-0.1, -0.05) is 20.8 Å². The van der Waals surface area contributed by atoms with E-state index in [1.54, 1.807) is 6.07 Å². The lowest BCUT2D eigenvalue weighted by Crippen LogP contribution is -2.22. The maximum atomic E-state index is 5.69. The van der Waals surface area contributed by atoms with E-state index >= 15 is 0 Å². The molecule has 92 valence electrons. The highest BCUT2D eigenvalue weighted by molar-refractivity contribution is 5.78. The van der Waals surface area contributed by atoms with Gasteiger partial charge in [-0.25, -0.2) is 0 Å². The molecule has 0 saturated heterocycles. The van der Waals surface area contributed by atoms with Gasteiger partial charge in [-0.2, -0.15) is 4.98 Å². The molecule has 0 saturated carbocycles. The first-order chi connectivity index (χ1) is 8.00. The van der Waals surface area contributed by atoms with E-state index < -0.39 is 0 Å². The first kappa shape index (κ1) is 11.8. The van der Waals surface area contributed by atoms with Crippen LogP contribution in [0.4, 0.5) is 11.7 Å². The number of oxazole rings is 1. The van der Waals surface area contributed by atoms with Gasteiger partial charge in [0.2, 0.25) is 0 Å². The molecule has 0 aliphatic carbocycles. The number of fused-ring (bicyclic) bond motifs is 1. The summed E-state index contributed by atoms with van der Waals surface area (Å²) in [6.45, 7) is 7.43. The first-order valence-corrected chi connectivity index (χ1v) is 5.90. The van der Waals surface area contributed by atoms with Crippen LogP contribution in [0.25, 0.3) is 11.1 Å². The number of nitrogens with two attached hydrogens (primary N) is 1. The number of anilines is 2. The molecular formula is C13H19N3O. The molecule has 1 aromatic carbocycles. The van der Waals surface area contributed by atoms with E-state index in [1.165, 1.54) is 0 Å². The Balaban J connectivity index is 2.15. The third-order valence-electron chi connectivity index (χ3n) is 3.09. The Morgan fingerprint density at radius 1 is 1.41 bits per heavy atom. The molecule has 4 nitrogen and oxygen atoms in total. The maximum Gasteiger partial charge on any atom is 0.295 e. The Kier molecular flexibility index (Phi) is 2.96. The standard InChI is InChI=1S/C13H19N3O/c1-4-13(2,3)8-15-12-16-10-6-5-9(14)7-11(10)17-12/h5-7H,4,8,14H2,1-3H3,(H,15,16). The van der Waals surface area contributed by atoms with E-state index in [0.29, 0.717) is 11.7 Å². The molecule has 4 heteroatoms. The molecule has 0 atom stereocenters. The second-order valence-electron chi connectivity index (χ2n) is 5.12. The van der Waals surface area contributed by atoms with Crippen LogP contribution in [0, 0.1) is 5.41 Å². The SMILES string of the molecule is CCC(C)(C)CNc1nc2ccc(N)cc2o1. The second kappa shape index (κ2) is 4.28. The predicted molar refractivity (Wildman–Crippen MR) is 71.0 cm³/mol. The van der Waals surface area contributed by atoms with Crippen LogP contribution in [0.5, 0.6) is 0 Å². The zero-order valence-electron chi connectivity index (χ0n) is 10.6. The van der Waals surface area contributed by atoms with Crippen molar-refractivity contribution < 1.29 is 4.42 Å². The second-order valence-corrected chi connectivity index (χ2v) is 5.12. The summed E-state index contributed by atoms with van der Waals surface area (Å²) in [5.74, 6) is 0. The van der Waals surface area contributed by atoms with Gasteiger partial charge >= 0.3 is 0 Å². The van der Waals surface area contributed by atoms with Crippen molar-refractivity contribution in [1.82, 2.24) is 4.98 Å². The summed E-state index contributed by atoms with van der Waals surface area (Å²) in [6.07, 6.45) is 1.10. The quantitative estimate of drug-likeness (QED) is 0.795. The summed E-state index contributed by atoms with van der Waals surface area (Å²) in [5.41, 5.74) is 8.17. The van der Waals surface area contributed by atoms with E-state index in [4.69, 9.17) is 10.2 Å². The van der Waals surface area contributed by atoms with Crippen molar-refractivity contribution in [2.75, 3.05) is 17.6 Å². The lowest BCUT2D eigenvalue weighted by atomic mass is 9.90. The van der Waals surface area contributed by atoms with E-state index in [-0.39, 0.29) is 5.41 Å². The summed E-state index contributed by atoms with van der Waals surface area (Å²) in [4.78, 5) is 4.36. The van der Waals surface area contributed by atoms with Crippen molar-refractivity contribution in [1.29, 1.82) is 0 Å². The van der Waals surface area contributed by atoms with E-state index in [2.05, 4.69) is 31.1 Å². The number of nitrogens with zero attached hydrogens (tertiary/aromatic N) is 1. The molecule has 17 heavy (non-hydrogen) atoms. The van der Waals surface area contributed by atoms with Crippen LogP contribution in [0.15, 0.2) is 22.6 Å². The lowest BCUT2D eigenvalue weighted by molar-refractivity contribution is 0.373. The monoisotopic (exact) mass is 233 g/mol. The molecule has 0 aliphatic heterocycles. The average Bonchev–Trinajstić information content (AvgIpc) is 2.68. The molecule has 1 heterocycles. The number of rotatable bonds is 4. The highest BCUT2D eigenvalue weighted by Gasteiger charge is 2.16. The average molecular weight is 233 g/mol. The third kappa shape index (κ3) is 2.70. The minimum Gasteiger partial charge on any atom is -0.423 e. The maximum absolute atomic E-state index is 5.69. The van der Waals surface area contributed by atoms with E-state index in [0.717, 1.165) is 24.1 Å². The van der Waals surface area contributed by atoms with Crippen LogP contribution in [0.3, 0.4) is 0 Å². The predicted octanol–water partition coefficient (Wildman–Crippen LogP) is 3.26. The number of hydrogen-bond donors (Lipinski definition) is 2. The summed E-state index contributed by atoms with van der Waals surface area (Å²) in [6, 6.07) is 6.04. The summed E-state index contributed by atoms with van der Waals surface area (Å²) >= 11 is 0. The topological polar surface area (TPSA) is 64.1 Å². The Hall–Kier alpha value is -1.71. The molecule has 0 amide bonds. The molecule has 0 aliphatic rings. The number of nitrogens with one attached hydrogen (secondary N) is 1. The molecular weight excluding hydrogens is 214 g/mol. The molecule has 0 spiro atoms. The smallest absolute Gasteiger partial charge is 0.295 e. The summed E-state index contributed by atoms with van der Waals surface area (Å²) in [7, 11) is 0. The highest BCUT2D eigenvalue weighted by Crippen LogP contribution is 2.24. The fourth-order valence-electron chi connectivity index (χ4n) is 1.46. The van der Waals surface area contributed by atoms with Crippen LogP contribution in [0.1, 0.15) is 27.2 Å². The van der Waals surface area contributed by atoms with Crippen molar-refractivity contribution in [3.63, 3.8) is 0 Å². The molecule has 0 bridgehead atoms. The van der Waals surface area contributed by atoms with E-state index in [9.17, 15) is 0 Å². The summed E-state index contributed by atoms with van der Waals surface area (Å²) in [5, 5.41) is 3.23. The van der Waals surface area contributed by atoms with Crippen molar-refractivity contribution in [3.05, 3.63) is 18.2 Å². The van der Waals surface area contributed by atoms with Crippen LogP contribution >= 0.6 is 0 Å². The molecule has 0 radical (unpaired) electrons. The minimum absolute atomic E-state index is 0.236. The van der Waals surface area contributed by atoms with Crippen LogP contribution in [-0.4, -0.2) is 11.5 Å². The van der Waals surface area contributed by atoms with Gasteiger partial charge in [-0.3, -0.25) is 0 Å². The number of benzene rings is 1. The Morgan fingerprint density at radius 3 is 2.88 bits per heavy atom. The van der Waals surface area contributed by atoms with Crippen LogP contribution in [-0.2, 0) is 0 Å². The van der Waals surface area contributed by atoms with Gasteiger partial charge in [-0.15, -0.1) is 0 Å². The van der Waals surface area contributed by atoms with Gasteiger partial charge in [0, 0.05) is 18.3 Å². The molecule has 3 N–H and O–H groups in total. The fraction of sp³-hybridized carbons (Fsp3) is 0.462. The Labute approximate surface area is 101 Å². The zero-order chi connectivity index (χ0) is 12.5. The highest BCUT2D eigenvalue weighted by atomic mass is 16.4. The van der Waals surface area contributed by atoms with Gasteiger partial charge in [-0.05, 0) is 24.0 Å². The first-order valence-electron chi connectivity index (χ1n) is 5.90.